The highest BCUT2D eigenvalue weighted by atomic mass is 32.1. The molecule has 7 heteroatoms. The van der Waals surface area contributed by atoms with Crippen molar-refractivity contribution >= 4 is 17.2 Å². The van der Waals surface area contributed by atoms with Crippen LogP contribution >= 0.6 is 11.3 Å². The summed E-state index contributed by atoms with van der Waals surface area (Å²) in [6.45, 7) is 0.256. The van der Waals surface area contributed by atoms with Crippen LogP contribution in [0.15, 0.2) is 26.7 Å². The molecule has 0 aromatic carbocycles. The van der Waals surface area contributed by atoms with E-state index in [0.717, 1.165) is 41.9 Å². The Kier molecular flexibility index (Phi) is 3.81. The molecule has 0 atom stereocenters. The standard InChI is InChI=1S/C19H23N3O3S/c23-16(20-19-9-12-6-13(10-19)8-14(7-12)11-19)3-4-22-18(24)25-17(21-22)15-2-1-5-26-15/h1-2,5,12-14H,3-4,6-11H2,(H,20,23). The van der Waals surface area contributed by atoms with Gasteiger partial charge in [-0.25, -0.2) is 4.79 Å². The predicted molar refractivity (Wildman–Crippen MR) is 97.7 cm³/mol. The first-order chi connectivity index (χ1) is 12.6. The molecular formula is C19H23N3O3S. The van der Waals surface area contributed by atoms with Gasteiger partial charge in [0.25, 0.3) is 5.89 Å². The number of thiophene rings is 1. The van der Waals surface area contributed by atoms with Crippen LogP contribution in [0.25, 0.3) is 10.8 Å². The molecule has 0 aliphatic heterocycles. The molecule has 0 unspecified atom stereocenters. The van der Waals surface area contributed by atoms with Crippen molar-refractivity contribution in [3.05, 3.63) is 28.1 Å². The lowest BCUT2D eigenvalue weighted by Crippen LogP contribution is -2.59. The average Bonchev–Trinajstić information content (AvgIpc) is 3.20. The first-order valence-corrected chi connectivity index (χ1v) is 10.4. The fourth-order valence-electron chi connectivity index (χ4n) is 5.78. The molecule has 0 spiro atoms. The molecule has 4 saturated carbocycles. The topological polar surface area (TPSA) is 77.1 Å². The molecule has 0 saturated heterocycles. The fourth-order valence-corrected chi connectivity index (χ4v) is 6.42. The van der Waals surface area contributed by atoms with Gasteiger partial charge in [0.2, 0.25) is 5.91 Å². The Bertz CT molecular complexity index is 832. The van der Waals surface area contributed by atoms with Crippen molar-refractivity contribution in [3.8, 4) is 10.8 Å². The molecule has 26 heavy (non-hydrogen) atoms. The predicted octanol–water partition coefficient (Wildman–Crippen LogP) is 3.04. The zero-order chi connectivity index (χ0) is 17.7. The quantitative estimate of drug-likeness (QED) is 0.874. The number of rotatable bonds is 5. The molecule has 1 amide bonds. The number of aryl methyl sites for hydroxylation is 1. The lowest BCUT2D eigenvalue weighted by Gasteiger charge is -2.56. The Labute approximate surface area is 155 Å². The van der Waals surface area contributed by atoms with Gasteiger partial charge in [-0.1, -0.05) is 6.07 Å². The smallest absolute Gasteiger partial charge is 0.387 e. The zero-order valence-electron chi connectivity index (χ0n) is 14.6. The highest BCUT2D eigenvalue weighted by molar-refractivity contribution is 7.13. The highest BCUT2D eigenvalue weighted by Gasteiger charge is 2.51. The van der Waals surface area contributed by atoms with Crippen LogP contribution in [0, 0.1) is 17.8 Å². The molecule has 6 rings (SSSR count). The van der Waals surface area contributed by atoms with Gasteiger partial charge in [-0.05, 0) is 67.7 Å². The zero-order valence-corrected chi connectivity index (χ0v) is 15.5. The van der Waals surface area contributed by atoms with Crippen LogP contribution < -0.4 is 11.1 Å². The summed E-state index contributed by atoms with van der Waals surface area (Å²) < 4.78 is 6.46. The van der Waals surface area contributed by atoms with E-state index in [1.807, 2.05) is 17.5 Å². The van der Waals surface area contributed by atoms with Crippen LogP contribution in [0.4, 0.5) is 0 Å². The first kappa shape index (κ1) is 16.3. The van der Waals surface area contributed by atoms with Gasteiger partial charge in [-0.15, -0.1) is 16.4 Å². The Morgan fingerprint density at radius 3 is 2.58 bits per heavy atom. The Morgan fingerprint density at radius 1 is 1.27 bits per heavy atom. The van der Waals surface area contributed by atoms with E-state index in [-0.39, 0.29) is 24.4 Å². The summed E-state index contributed by atoms with van der Waals surface area (Å²) >= 11 is 1.47. The Hall–Kier alpha value is -1.89. The number of hydrogen-bond acceptors (Lipinski definition) is 5. The van der Waals surface area contributed by atoms with E-state index in [1.54, 1.807) is 0 Å². The molecule has 0 radical (unpaired) electrons. The maximum Gasteiger partial charge on any atom is 0.437 e. The molecular weight excluding hydrogens is 350 g/mol. The summed E-state index contributed by atoms with van der Waals surface area (Å²) in [6.07, 6.45) is 7.74. The second-order valence-electron chi connectivity index (χ2n) is 8.37. The van der Waals surface area contributed by atoms with Crippen LogP contribution in [-0.4, -0.2) is 21.2 Å². The van der Waals surface area contributed by atoms with Gasteiger partial charge in [0, 0.05) is 12.0 Å². The van der Waals surface area contributed by atoms with Crippen LogP contribution in [0.1, 0.15) is 44.9 Å². The number of aromatic nitrogens is 2. The Morgan fingerprint density at radius 2 is 1.96 bits per heavy atom. The van der Waals surface area contributed by atoms with Crippen LogP contribution in [0.3, 0.4) is 0 Å². The van der Waals surface area contributed by atoms with Crippen molar-refractivity contribution in [3.63, 3.8) is 0 Å². The SMILES string of the molecule is O=C(CCn1nc(-c2cccs2)oc1=O)NC12CC3CC(CC(C3)C1)C2. The number of amides is 1. The third kappa shape index (κ3) is 2.92. The lowest BCUT2D eigenvalue weighted by atomic mass is 9.53. The normalized spacial score (nSPS) is 32.1. The van der Waals surface area contributed by atoms with Gasteiger partial charge in [0.05, 0.1) is 11.4 Å². The number of hydrogen-bond donors (Lipinski definition) is 1. The van der Waals surface area contributed by atoms with E-state index in [2.05, 4.69) is 10.4 Å². The van der Waals surface area contributed by atoms with Crippen molar-refractivity contribution in [2.24, 2.45) is 17.8 Å². The van der Waals surface area contributed by atoms with E-state index in [1.165, 1.54) is 35.3 Å². The van der Waals surface area contributed by atoms with Crippen molar-refractivity contribution in [2.75, 3.05) is 0 Å². The van der Waals surface area contributed by atoms with Gasteiger partial charge in [0.1, 0.15) is 0 Å². The average molecular weight is 373 g/mol. The van der Waals surface area contributed by atoms with E-state index < -0.39 is 5.76 Å². The second-order valence-corrected chi connectivity index (χ2v) is 9.32. The molecule has 4 aliphatic carbocycles. The monoisotopic (exact) mass is 373 g/mol. The number of carbonyl (C=O) groups excluding carboxylic acids is 1. The third-order valence-corrected chi connectivity index (χ3v) is 7.19. The number of nitrogens with one attached hydrogen (secondary N) is 1. The largest absolute Gasteiger partial charge is 0.437 e. The number of carbonyl (C=O) groups is 1. The summed E-state index contributed by atoms with van der Waals surface area (Å²) in [5, 5.41) is 9.47. The molecule has 2 heterocycles. The van der Waals surface area contributed by atoms with E-state index >= 15 is 0 Å². The molecule has 6 nitrogen and oxygen atoms in total. The van der Waals surface area contributed by atoms with Crippen LogP contribution in [0.2, 0.25) is 0 Å². The fraction of sp³-hybridized carbons (Fsp3) is 0.632. The minimum absolute atomic E-state index is 0.0166. The summed E-state index contributed by atoms with van der Waals surface area (Å²) in [5.41, 5.74) is 0.0166. The summed E-state index contributed by atoms with van der Waals surface area (Å²) in [5.74, 6) is 2.25. The van der Waals surface area contributed by atoms with Gasteiger partial charge < -0.3 is 9.73 Å². The van der Waals surface area contributed by atoms with Gasteiger partial charge in [-0.3, -0.25) is 4.79 Å². The highest BCUT2D eigenvalue weighted by Crippen LogP contribution is 2.55. The molecule has 4 bridgehead atoms. The third-order valence-electron chi connectivity index (χ3n) is 6.33. The molecule has 1 N–H and O–H groups in total. The van der Waals surface area contributed by atoms with E-state index in [0.29, 0.717) is 5.89 Å². The van der Waals surface area contributed by atoms with Gasteiger partial charge >= 0.3 is 5.76 Å². The summed E-state index contributed by atoms with van der Waals surface area (Å²) in [6, 6.07) is 3.75. The lowest BCUT2D eigenvalue weighted by molar-refractivity contribution is -0.127. The van der Waals surface area contributed by atoms with Crippen molar-refractivity contribution in [1.29, 1.82) is 0 Å². The minimum Gasteiger partial charge on any atom is -0.387 e. The molecule has 2 aromatic rings. The summed E-state index contributed by atoms with van der Waals surface area (Å²) in [4.78, 5) is 25.3. The summed E-state index contributed by atoms with van der Waals surface area (Å²) in [7, 11) is 0. The van der Waals surface area contributed by atoms with Crippen molar-refractivity contribution in [1.82, 2.24) is 15.1 Å². The van der Waals surface area contributed by atoms with Crippen LogP contribution in [-0.2, 0) is 11.3 Å². The molecule has 138 valence electrons. The molecule has 2 aromatic heterocycles. The second kappa shape index (κ2) is 6.08. The minimum atomic E-state index is -0.504. The van der Waals surface area contributed by atoms with E-state index in [4.69, 9.17) is 4.42 Å². The van der Waals surface area contributed by atoms with Crippen molar-refractivity contribution in [2.45, 2.75) is 57.0 Å². The van der Waals surface area contributed by atoms with E-state index in [9.17, 15) is 9.59 Å². The molecule has 4 fully saturated rings. The maximum atomic E-state index is 12.6. The first-order valence-electron chi connectivity index (χ1n) is 9.51. The van der Waals surface area contributed by atoms with Gasteiger partial charge in [-0.2, -0.15) is 4.68 Å². The Balaban J connectivity index is 1.23. The van der Waals surface area contributed by atoms with Crippen LogP contribution in [0.5, 0.6) is 0 Å². The van der Waals surface area contributed by atoms with Gasteiger partial charge in [0.15, 0.2) is 0 Å². The number of nitrogens with zero attached hydrogens (tertiary/aromatic N) is 2. The van der Waals surface area contributed by atoms with Crippen molar-refractivity contribution < 1.29 is 9.21 Å². The maximum absolute atomic E-state index is 12.6. The molecule has 4 aliphatic rings.